The van der Waals surface area contributed by atoms with Gasteiger partial charge >= 0.3 is 0 Å². The first-order valence-electron chi connectivity index (χ1n) is 16.3. The minimum absolute atomic E-state index is 0.00914. The molecule has 2 N–H and O–H groups in total. The van der Waals surface area contributed by atoms with Crippen LogP contribution in [0.15, 0.2) is 30.5 Å². The minimum Gasteiger partial charge on any atom is -0.344 e. The molecule has 2 heterocycles. The van der Waals surface area contributed by atoms with E-state index in [1.54, 1.807) is 34.8 Å². The third-order valence-electron chi connectivity index (χ3n) is 8.93. The number of piperazine rings is 1. The van der Waals surface area contributed by atoms with Gasteiger partial charge in [-0.05, 0) is 57.4 Å². The summed E-state index contributed by atoms with van der Waals surface area (Å²) in [6, 6.07) is 4.45. The largest absolute Gasteiger partial charge is 0.344 e. The highest BCUT2D eigenvalue weighted by molar-refractivity contribution is 6.00. The molecule has 0 unspecified atom stereocenters. The van der Waals surface area contributed by atoms with Crippen LogP contribution < -0.4 is 15.5 Å². The number of benzene rings is 1. The number of halogens is 1. The number of nitrogens with one attached hydrogen (secondary N) is 2. The van der Waals surface area contributed by atoms with Crippen LogP contribution in [0.4, 0.5) is 15.9 Å². The predicted molar refractivity (Wildman–Crippen MR) is 171 cm³/mol. The Morgan fingerprint density at radius 1 is 1.07 bits per heavy atom. The summed E-state index contributed by atoms with van der Waals surface area (Å²) in [6.45, 7) is 8.23. The van der Waals surface area contributed by atoms with Gasteiger partial charge in [0.1, 0.15) is 23.7 Å². The van der Waals surface area contributed by atoms with E-state index in [0.29, 0.717) is 30.9 Å². The molecule has 2 aliphatic rings. The van der Waals surface area contributed by atoms with E-state index >= 15 is 4.39 Å². The van der Waals surface area contributed by atoms with Crippen LogP contribution in [0.5, 0.6) is 0 Å². The summed E-state index contributed by atoms with van der Waals surface area (Å²) < 4.78 is 17.3. The Labute approximate surface area is 265 Å². The smallest absolute Gasteiger partial charge is 0.247 e. The maximum Gasteiger partial charge on any atom is 0.247 e. The van der Waals surface area contributed by atoms with Gasteiger partial charge in [0.25, 0.3) is 0 Å². The lowest BCUT2D eigenvalue weighted by Gasteiger charge is -2.35. The molecule has 1 aromatic carbocycles. The van der Waals surface area contributed by atoms with Crippen molar-refractivity contribution in [2.45, 2.75) is 90.3 Å². The van der Waals surface area contributed by atoms with Crippen LogP contribution in [0.1, 0.15) is 77.3 Å². The van der Waals surface area contributed by atoms with Crippen molar-refractivity contribution >= 4 is 35.6 Å². The molecule has 11 nitrogen and oxygen atoms in total. The van der Waals surface area contributed by atoms with Crippen LogP contribution in [0.2, 0.25) is 0 Å². The number of carbonyl (C=O) groups excluding carboxylic acids is 4. The average Bonchev–Trinajstić information content (AvgIpc) is 3.36. The Morgan fingerprint density at radius 2 is 1.76 bits per heavy atom. The number of aromatic nitrogens is 2. The molecule has 1 saturated heterocycles. The molecule has 0 radical (unpaired) electrons. The van der Waals surface area contributed by atoms with Gasteiger partial charge in [-0.3, -0.25) is 24.1 Å². The third kappa shape index (κ3) is 8.68. The fourth-order valence-electron chi connectivity index (χ4n) is 6.34. The zero-order valence-corrected chi connectivity index (χ0v) is 27.0. The summed E-state index contributed by atoms with van der Waals surface area (Å²) in [5.41, 5.74) is 0.509. The zero-order chi connectivity index (χ0) is 32.5. The van der Waals surface area contributed by atoms with E-state index in [1.165, 1.54) is 17.0 Å². The molecule has 12 heteroatoms. The summed E-state index contributed by atoms with van der Waals surface area (Å²) in [4.78, 5) is 57.5. The maximum absolute atomic E-state index is 15.6. The predicted octanol–water partition coefficient (Wildman–Crippen LogP) is 3.75. The first-order valence-corrected chi connectivity index (χ1v) is 16.3. The molecule has 246 valence electrons. The highest BCUT2D eigenvalue weighted by atomic mass is 19.1. The monoisotopic (exact) mass is 625 g/mol. The van der Waals surface area contributed by atoms with Crippen molar-refractivity contribution in [1.82, 2.24) is 24.9 Å². The topological polar surface area (TPSA) is 120 Å². The average molecular weight is 626 g/mol. The number of hydrogen-bond acceptors (Lipinski definition) is 6. The quantitative estimate of drug-likeness (QED) is 0.274. The van der Waals surface area contributed by atoms with E-state index in [0.717, 1.165) is 51.6 Å². The first kappa shape index (κ1) is 34.1. The number of anilines is 2. The Kier molecular flexibility index (Phi) is 12.1. The van der Waals surface area contributed by atoms with Crippen LogP contribution >= 0.6 is 0 Å². The highest BCUT2D eigenvalue weighted by Gasteiger charge is 2.36. The Bertz CT molecular complexity index is 1320. The number of rotatable bonds is 12. The summed E-state index contributed by atoms with van der Waals surface area (Å²) in [6.07, 6.45) is 8.24. The van der Waals surface area contributed by atoms with Gasteiger partial charge in [-0.25, -0.2) is 9.07 Å². The molecule has 0 spiro atoms. The van der Waals surface area contributed by atoms with Crippen molar-refractivity contribution in [3.63, 3.8) is 0 Å². The zero-order valence-electron chi connectivity index (χ0n) is 27.0. The molecule has 1 aliphatic carbocycles. The number of likely N-dealkylation sites (N-methyl/N-ethyl adjacent to an activating group) is 1. The van der Waals surface area contributed by atoms with Gasteiger partial charge in [-0.15, -0.1) is 0 Å². The SMILES string of the molecule is CCC(=O)N[C@H](Cc1ccc(NC(=O)[C@H](C2CCCCCC2)N(C=O)c2ccnn2C(C)C)c(F)c1)C(=O)N1CCN(C)CC1. The molecule has 0 bridgehead atoms. The molecule has 1 aliphatic heterocycles. The number of carbonyl (C=O) groups is 4. The summed E-state index contributed by atoms with van der Waals surface area (Å²) in [5, 5.41) is 9.93. The van der Waals surface area contributed by atoms with Gasteiger partial charge in [0.15, 0.2) is 0 Å². The van der Waals surface area contributed by atoms with Gasteiger partial charge in [-0.2, -0.15) is 5.10 Å². The third-order valence-corrected chi connectivity index (χ3v) is 8.93. The summed E-state index contributed by atoms with van der Waals surface area (Å²) in [5.74, 6) is -1.14. The Balaban J connectivity index is 1.55. The molecule has 4 rings (SSSR count). The van der Waals surface area contributed by atoms with Crippen molar-refractivity contribution in [3.05, 3.63) is 41.8 Å². The molecule has 2 atom stereocenters. The standard InChI is InChI=1S/C33H48FN7O4/c1-5-29(43)36-28(33(45)39-18-16-38(4)17-19-39)21-24-12-13-27(26(34)20-24)37-32(44)31(25-10-8-6-7-9-11-25)40(22-42)30-14-15-35-41(30)23(2)3/h12-15,20,22-23,25,28,31H,5-11,16-19,21H2,1-4H3,(H,36,43)(H,37,44)/t28-,31+/m1/s1. The van der Waals surface area contributed by atoms with Gasteiger partial charge in [0.2, 0.25) is 24.1 Å². The van der Waals surface area contributed by atoms with E-state index < -0.39 is 23.8 Å². The maximum atomic E-state index is 15.6. The molecule has 2 fully saturated rings. The van der Waals surface area contributed by atoms with Crippen LogP contribution in [-0.2, 0) is 25.6 Å². The van der Waals surface area contributed by atoms with Crippen molar-refractivity contribution in [3.8, 4) is 0 Å². The molecule has 4 amide bonds. The molecule has 1 saturated carbocycles. The fourth-order valence-corrected chi connectivity index (χ4v) is 6.34. The lowest BCUT2D eigenvalue weighted by atomic mass is 9.90. The normalized spacial score (nSPS) is 17.8. The molecular weight excluding hydrogens is 577 g/mol. The lowest BCUT2D eigenvalue weighted by Crippen LogP contribution is -2.54. The number of hydrogen-bond donors (Lipinski definition) is 2. The van der Waals surface area contributed by atoms with E-state index in [4.69, 9.17) is 0 Å². The van der Waals surface area contributed by atoms with Crippen LogP contribution in [-0.4, -0.2) is 89.0 Å². The Hall–Kier alpha value is -3.80. The van der Waals surface area contributed by atoms with Gasteiger partial charge in [0, 0.05) is 51.1 Å². The lowest BCUT2D eigenvalue weighted by molar-refractivity contribution is -0.137. The van der Waals surface area contributed by atoms with E-state index in [-0.39, 0.29) is 42.3 Å². The molecule has 45 heavy (non-hydrogen) atoms. The minimum atomic E-state index is -0.844. The highest BCUT2D eigenvalue weighted by Crippen LogP contribution is 2.32. The molecule has 1 aromatic heterocycles. The van der Waals surface area contributed by atoms with E-state index in [2.05, 4.69) is 20.6 Å². The van der Waals surface area contributed by atoms with Gasteiger partial charge in [-0.1, -0.05) is 38.7 Å². The van der Waals surface area contributed by atoms with Crippen LogP contribution in [0.25, 0.3) is 0 Å². The van der Waals surface area contributed by atoms with E-state index in [1.807, 2.05) is 20.9 Å². The number of amides is 4. The Morgan fingerprint density at radius 3 is 2.36 bits per heavy atom. The van der Waals surface area contributed by atoms with Gasteiger partial charge in [0.05, 0.1) is 11.9 Å². The van der Waals surface area contributed by atoms with Crippen molar-refractivity contribution in [2.75, 3.05) is 43.4 Å². The first-order chi connectivity index (χ1) is 21.6. The summed E-state index contributed by atoms with van der Waals surface area (Å²) in [7, 11) is 2.00. The fraction of sp³-hybridized carbons (Fsp3) is 0.606. The van der Waals surface area contributed by atoms with Crippen LogP contribution in [0.3, 0.4) is 0 Å². The van der Waals surface area contributed by atoms with Crippen molar-refractivity contribution in [1.29, 1.82) is 0 Å². The molecule has 2 aromatic rings. The van der Waals surface area contributed by atoms with Crippen molar-refractivity contribution in [2.24, 2.45) is 5.92 Å². The summed E-state index contributed by atoms with van der Waals surface area (Å²) >= 11 is 0. The second-order valence-electron chi connectivity index (χ2n) is 12.5. The number of nitrogens with zero attached hydrogens (tertiary/aromatic N) is 5. The van der Waals surface area contributed by atoms with Gasteiger partial charge < -0.3 is 20.4 Å². The second-order valence-corrected chi connectivity index (χ2v) is 12.5. The second kappa shape index (κ2) is 16.0. The van der Waals surface area contributed by atoms with Crippen molar-refractivity contribution < 1.29 is 23.6 Å². The van der Waals surface area contributed by atoms with E-state index in [9.17, 15) is 19.2 Å². The van der Waals surface area contributed by atoms with Crippen LogP contribution in [0, 0.1) is 11.7 Å². The molecular formula is C33H48FN7O4.